The highest BCUT2D eigenvalue weighted by Gasteiger charge is 2.25. The van der Waals surface area contributed by atoms with Crippen LogP contribution in [0.5, 0.6) is 0 Å². The quantitative estimate of drug-likeness (QED) is 0.585. The maximum atomic E-state index is 12.1. The van der Waals surface area contributed by atoms with Crippen molar-refractivity contribution in [1.29, 1.82) is 0 Å². The lowest BCUT2D eigenvalue weighted by atomic mass is 9.94. The van der Waals surface area contributed by atoms with Gasteiger partial charge in [-0.3, -0.25) is 4.79 Å². The molecule has 0 aromatic carbocycles. The van der Waals surface area contributed by atoms with Crippen LogP contribution in [0.15, 0.2) is 18.3 Å². The SMILES string of the molecule is C#CC(CC)(CC)NC(=O)COC(=O)c1ccc(N2CCOCC2)nc1. The molecule has 0 bridgehead atoms. The Hall–Kier alpha value is -2.59. The van der Waals surface area contributed by atoms with Crippen molar-refractivity contribution < 1.29 is 19.1 Å². The fraction of sp³-hybridized carbons (Fsp3) is 0.526. The fourth-order valence-electron chi connectivity index (χ4n) is 2.67. The van der Waals surface area contributed by atoms with Crippen molar-refractivity contribution in [3.63, 3.8) is 0 Å². The zero-order valence-corrected chi connectivity index (χ0v) is 15.3. The maximum absolute atomic E-state index is 12.1. The predicted molar refractivity (Wildman–Crippen MR) is 97.8 cm³/mol. The highest BCUT2D eigenvalue weighted by molar-refractivity contribution is 5.91. The average Bonchev–Trinajstić information content (AvgIpc) is 2.71. The van der Waals surface area contributed by atoms with Gasteiger partial charge in [0, 0.05) is 19.3 Å². The largest absolute Gasteiger partial charge is 0.452 e. The Morgan fingerprint density at radius 2 is 2.04 bits per heavy atom. The number of nitrogens with zero attached hydrogens (tertiary/aromatic N) is 2. The minimum Gasteiger partial charge on any atom is -0.452 e. The van der Waals surface area contributed by atoms with Crippen LogP contribution in [0.1, 0.15) is 37.0 Å². The zero-order chi connectivity index (χ0) is 19.0. The van der Waals surface area contributed by atoms with Crippen molar-refractivity contribution in [3.05, 3.63) is 23.9 Å². The molecular formula is C19H25N3O4. The third-order valence-electron chi connectivity index (χ3n) is 4.52. The first-order valence-corrected chi connectivity index (χ1v) is 8.78. The first-order chi connectivity index (χ1) is 12.5. The summed E-state index contributed by atoms with van der Waals surface area (Å²) in [7, 11) is 0. The minimum absolute atomic E-state index is 0.295. The van der Waals surface area contributed by atoms with Crippen molar-refractivity contribution in [1.82, 2.24) is 10.3 Å². The summed E-state index contributed by atoms with van der Waals surface area (Å²) in [4.78, 5) is 30.5. The van der Waals surface area contributed by atoms with E-state index >= 15 is 0 Å². The standard InChI is InChI=1S/C19H25N3O4/c1-4-19(5-2,6-3)21-17(23)14-26-18(24)15-7-8-16(20-13-15)22-9-11-25-12-10-22/h1,7-8,13H,5-6,9-12,14H2,2-3H3,(H,21,23). The molecule has 140 valence electrons. The van der Waals surface area contributed by atoms with E-state index in [1.807, 2.05) is 13.8 Å². The van der Waals surface area contributed by atoms with Crippen molar-refractivity contribution in [3.8, 4) is 12.3 Å². The van der Waals surface area contributed by atoms with E-state index in [4.69, 9.17) is 15.9 Å². The lowest BCUT2D eigenvalue weighted by Gasteiger charge is -2.27. The summed E-state index contributed by atoms with van der Waals surface area (Å²) in [5, 5.41) is 2.75. The molecule has 26 heavy (non-hydrogen) atoms. The monoisotopic (exact) mass is 359 g/mol. The van der Waals surface area contributed by atoms with Crippen LogP contribution in [0.4, 0.5) is 5.82 Å². The predicted octanol–water partition coefficient (Wildman–Crippen LogP) is 1.38. The van der Waals surface area contributed by atoms with Crippen molar-refractivity contribution in [2.45, 2.75) is 32.2 Å². The molecule has 7 nitrogen and oxygen atoms in total. The molecule has 0 spiro atoms. The van der Waals surface area contributed by atoms with Crippen LogP contribution >= 0.6 is 0 Å². The molecule has 0 unspecified atom stereocenters. The summed E-state index contributed by atoms with van der Waals surface area (Å²) in [6.45, 7) is 6.28. The molecule has 1 aliphatic rings. The molecule has 1 saturated heterocycles. The van der Waals surface area contributed by atoms with E-state index in [9.17, 15) is 9.59 Å². The molecule has 1 aromatic heterocycles. The van der Waals surface area contributed by atoms with Gasteiger partial charge < -0.3 is 19.7 Å². The maximum Gasteiger partial charge on any atom is 0.340 e. The number of hydrogen-bond donors (Lipinski definition) is 1. The number of aromatic nitrogens is 1. The Bertz CT molecular complexity index is 656. The Morgan fingerprint density at radius 3 is 2.58 bits per heavy atom. The van der Waals surface area contributed by atoms with Gasteiger partial charge in [-0.05, 0) is 25.0 Å². The lowest BCUT2D eigenvalue weighted by Crippen LogP contribution is -2.48. The Morgan fingerprint density at radius 1 is 1.35 bits per heavy atom. The molecule has 0 radical (unpaired) electrons. The smallest absolute Gasteiger partial charge is 0.340 e. The number of esters is 1. The number of rotatable bonds is 7. The van der Waals surface area contributed by atoms with Crippen LogP contribution in [0.2, 0.25) is 0 Å². The molecular weight excluding hydrogens is 334 g/mol. The number of carbonyl (C=O) groups is 2. The van der Waals surface area contributed by atoms with Gasteiger partial charge in [0.15, 0.2) is 6.61 Å². The number of nitrogens with one attached hydrogen (secondary N) is 1. The number of hydrogen-bond acceptors (Lipinski definition) is 6. The van der Waals surface area contributed by atoms with Crippen molar-refractivity contribution in [2.24, 2.45) is 0 Å². The van der Waals surface area contributed by atoms with Gasteiger partial charge in [0.05, 0.1) is 18.8 Å². The Labute approximate surface area is 154 Å². The second-order valence-corrected chi connectivity index (χ2v) is 6.06. The molecule has 1 aliphatic heterocycles. The number of carbonyl (C=O) groups excluding carboxylic acids is 2. The lowest BCUT2D eigenvalue weighted by molar-refractivity contribution is -0.125. The van der Waals surface area contributed by atoms with Gasteiger partial charge in [0.2, 0.25) is 0 Å². The summed E-state index contributed by atoms with van der Waals surface area (Å²) < 4.78 is 10.4. The van der Waals surface area contributed by atoms with Crippen molar-refractivity contribution >= 4 is 17.7 Å². The first-order valence-electron chi connectivity index (χ1n) is 8.78. The molecule has 1 aromatic rings. The Kier molecular flexibility index (Phi) is 6.98. The van der Waals surface area contributed by atoms with E-state index in [1.165, 1.54) is 6.20 Å². The van der Waals surface area contributed by atoms with Crippen LogP contribution in [-0.4, -0.2) is 55.3 Å². The highest BCUT2D eigenvalue weighted by atomic mass is 16.5. The van der Waals surface area contributed by atoms with E-state index in [0.717, 1.165) is 18.9 Å². The van der Waals surface area contributed by atoms with E-state index in [0.29, 0.717) is 31.6 Å². The van der Waals surface area contributed by atoms with E-state index in [2.05, 4.69) is 21.1 Å². The molecule has 0 aliphatic carbocycles. The van der Waals surface area contributed by atoms with Crippen LogP contribution in [0.3, 0.4) is 0 Å². The third-order valence-corrected chi connectivity index (χ3v) is 4.52. The summed E-state index contributed by atoms with van der Waals surface area (Å²) in [5.74, 6) is 2.38. The molecule has 2 heterocycles. The molecule has 0 atom stereocenters. The fourth-order valence-corrected chi connectivity index (χ4v) is 2.67. The van der Waals surface area contributed by atoms with E-state index in [-0.39, 0.29) is 6.61 Å². The summed E-state index contributed by atoms with van der Waals surface area (Å²) in [6.07, 6.45) is 8.17. The second-order valence-electron chi connectivity index (χ2n) is 6.06. The van der Waals surface area contributed by atoms with Crippen molar-refractivity contribution in [2.75, 3.05) is 37.8 Å². The number of terminal acetylenes is 1. The van der Waals surface area contributed by atoms with Crippen LogP contribution in [0, 0.1) is 12.3 Å². The zero-order valence-electron chi connectivity index (χ0n) is 15.3. The first kappa shape index (κ1) is 19.7. The summed E-state index contributed by atoms with van der Waals surface area (Å²) in [5.41, 5.74) is -0.408. The minimum atomic E-state index is -0.704. The van der Waals surface area contributed by atoms with Gasteiger partial charge in [-0.2, -0.15) is 0 Å². The van der Waals surface area contributed by atoms with Crippen LogP contribution in [-0.2, 0) is 14.3 Å². The van der Waals surface area contributed by atoms with Gasteiger partial charge in [-0.15, -0.1) is 6.42 Å². The number of ether oxygens (including phenoxy) is 2. The topological polar surface area (TPSA) is 80.8 Å². The second kappa shape index (κ2) is 9.20. The van der Waals surface area contributed by atoms with Gasteiger partial charge >= 0.3 is 5.97 Å². The van der Waals surface area contributed by atoms with Gasteiger partial charge in [0.25, 0.3) is 5.91 Å². The number of pyridine rings is 1. The third kappa shape index (κ3) is 4.96. The highest BCUT2D eigenvalue weighted by Crippen LogP contribution is 2.15. The number of amides is 1. The van der Waals surface area contributed by atoms with Gasteiger partial charge in [-0.25, -0.2) is 9.78 Å². The normalized spacial score (nSPS) is 14.4. The molecule has 7 heteroatoms. The summed E-state index contributed by atoms with van der Waals surface area (Å²) in [6, 6.07) is 3.40. The Balaban J connectivity index is 1.87. The van der Waals surface area contributed by atoms with Crippen LogP contribution in [0.25, 0.3) is 0 Å². The van der Waals surface area contributed by atoms with E-state index < -0.39 is 17.4 Å². The van der Waals surface area contributed by atoms with E-state index in [1.54, 1.807) is 12.1 Å². The molecule has 1 N–H and O–H groups in total. The molecule has 2 rings (SSSR count). The molecule has 1 fully saturated rings. The van der Waals surface area contributed by atoms with Gasteiger partial charge in [-0.1, -0.05) is 19.8 Å². The average molecular weight is 359 g/mol. The summed E-state index contributed by atoms with van der Waals surface area (Å²) >= 11 is 0. The number of anilines is 1. The van der Waals surface area contributed by atoms with Crippen LogP contribution < -0.4 is 10.2 Å². The van der Waals surface area contributed by atoms with Gasteiger partial charge in [0.1, 0.15) is 11.4 Å². The number of morpholine rings is 1. The molecule has 1 amide bonds. The molecule has 0 saturated carbocycles.